The van der Waals surface area contributed by atoms with E-state index in [1.165, 1.54) is 122 Å². The van der Waals surface area contributed by atoms with Gasteiger partial charge in [0, 0.05) is 19.4 Å². The lowest BCUT2D eigenvalue weighted by Crippen LogP contribution is -2.29. The predicted molar refractivity (Wildman–Crippen MR) is 224 cm³/mol. The fourth-order valence-electron chi connectivity index (χ4n) is 6.25. The molecule has 0 bridgehead atoms. The lowest BCUT2D eigenvalue weighted by atomic mass is 10.0. The Kier molecular flexibility index (Phi) is 40.0. The van der Waals surface area contributed by atoms with Gasteiger partial charge in [-0.15, -0.1) is 0 Å². The van der Waals surface area contributed by atoms with Crippen LogP contribution in [-0.2, 0) is 32.7 Å². The van der Waals surface area contributed by atoms with Gasteiger partial charge in [-0.2, -0.15) is 0 Å². The molecule has 1 unspecified atom stereocenters. The summed E-state index contributed by atoms with van der Waals surface area (Å²) in [6.07, 6.45) is 43.5. The van der Waals surface area contributed by atoms with Crippen LogP contribution in [0.4, 0.5) is 0 Å². The molecular weight excluding hydrogens is 701 g/mol. The number of phosphoric ester groups is 1. The van der Waals surface area contributed by atoms with Crippen LogP contribution in [0.2, 0.25) is 0 Å². The third kappa shape index (κ3) is 40.2. The Morgan fingerprint density at radius 2 is 0.963 bits per heavy atom. The highest BCUT2D eigenvalue weighted by atomic mass is 31.2. The zero-order valence-corrected chi connectivity index (χ0v) is 35.9. The van der Waals surface area contributed by atoms with Gasteiger partial charge in [-0.05, 0) is 44.9 Å². The smallest absolute Gasteiger partial charge is 0.462 e. The molecular formula is C44H84NO8P. The van der Waals surface area contributed by atoms with Crippen molar-refractivity contribution in [1.29, 1.82) is 0 Å². The van der Waals surface area contributed by atoms with Crippen molar-refractivity contribution >= 4 is 19.8 Å². The van der Waals surface area contributed by atoms with Gasteiger partial charge >= 0.3 is 19.8 Å². The number of ether oxygens (including phenoxy) is 2. The van der Waals surface area contributed by atoms with Crippen LogP contribution in [-0.4, -0.2) is 49.3 Å². The molecule has 0 heterocycles. The van der Waals surface area contributed by atoms with E-state index in [4.69, 9.17) is 24.3 Å². The van der Waals surface area contributed by atoms with E-state index in [1.807, 2.05) is 0 Å². The van der Waals surface area contributed by atoms with Crippen LogP contribution in [0.3, 0.4) is 0 Å². The van der Waals surface area contributed by atoms with Gasteiger partial charge in [-0.1, -0.05) is 179 Å². The third-order valence-corrected chi connectivity index (χ3v) is 10.6. The van der Waals surface area contributed by atoms with Crippen LogP contribution < -0.4 is 5.73 Å². The van der Waals surface area contributed by atoms with E-state index in [2.05, 4.69) is 38.2 Å². The fraction of sp³-hybridized carbons (Fsp3) is 0.864. The van der Waals surface area contributed by atoms with Crippen molar-refractivity contribution in [2.45, 2.75) is 219 Å². The SMILES string of the molecule is CCCCC/C=C/C/C=C/CCCCCCCC(=O)OC[C@H](COP(=O)(O)OCCN)OC(=O)CCCCCCCCCCCCCCCCCCCC. The van der Waals surface area contributed by atoms with Crippen molar-refractivity contribution in [3.63, 3.8) is 0 Å². The summed E-state index contributed by atoms with van der Waals surface area (Å²) in [5.74, 6) is -0.836. The number of carbonyl (C=O) groups excluding carboxylic acids is 2. The minimum absolute atomic E-state index is 0.0531. The van der Waals surface area contributed by atoms with Gasteiger partial charge in [0.1, 0.15) is 6.61 Å². The molecule has 9 nitrogen and oxygen atoms in total. The topological polar surface area (TPSA) is 134 Å². The maximum absolute atomic E-state index is 12.6. The van der Waals surface area contributed by atoms with Crippen molar-refractivity contribution in [1.82, 2.24) is 0 Å². The Balaban J connectivity index is 4.12. The number of phosphoric acid groups is 1. The number of carbonyl (C=O) groups is 2. The summed E-state index contributed by atoms with van der Waals surface area (Å²) < 4.78 is 32.8. The van der Waals surface area contributed by atoms with Crippen LogP contribution in [0.1, 0.15) is 213 Å². The molecule has 0 fully saturated rings. The molecule has 0 aliphatic carbocycles. The van der Waals surface area contributed by atoms with Crippen molar-refractivity contribution in [2.75, 3.05) is 26.4 Å². The molecule has 0 aliphatic heterocycles. The number of nitrogens with two attached hydrogens (primary N) is 1. The van der Waals surface area contributed by atoms with Crippen molar-refractivity contribution < 1.29 is 37.6 Å². The summed E-state index contributed by atoms with van der Waals surface area (Å²) in [6, 6.07) is 0. The van der Waals surface area contributed by atoms with Gasteiger partial charge in [0.2, 0.25) is 0 Å². The quantitative estimate of drug-likeness (QED) is 0.0268. The largest absolute Gasteiger partial charge is 0.472 e. The predicted octanol–water partition coefficient (Wildman–Crippen LogP) is 12.8. The Labute approximate surface area is 332 Å². The molecule has 0 aromatic heterocycles. The van der Waals surface area contributed by atoms with Crippen LogP contribution in [0.5, 0.6) is 0 Å². The number of esters is 2. The summed E-state index contributed by atoms with van der Waals surface area (Å²) in [5, 5.41) is 0. The number of unbranched alkanes of at least 4 members (excludes halogenated alkanes) is 25. The van der Waals surface area contributed by atoms with Crippen LogP contribution in [0.25, 0.3) is 0 Å². The maximum Gasteiger partial charge on any atom is 0.472 e. The van der Waals surface area contributed by atoms with Gasteiger partial charge in [-0.3, -0.25) is 18.6 Å². The first-order valence-electron chi connectivity index (χ1n) is 22.3. The van der Waals surface area contributed by atoms with E-state index in [9.17, 15) is 19.0 Å². The molecule has 54 heavy (non-hydrogen) atoms. The molecule has 0 saturated carbocycles. The van der Waals surface area contributed by atoms with E-state index in [-0.39, 0.29) is 32.6 Å². The second-order valence-electron chi connectivity index (χ2n) is 14.9. The van der Waals surface area contributed by atoms with Gasteiger partial charge < -0.3 is 20.1 Å². The molecule has 0 rings (SSSR count). The van der Waals surface area contributed by atoms with Crippen molar-refractivity contribution in [3.05, 3.63) is 24.3 Å². The minimum Gasteiger partial charge on any atom is -0.462 e. The number of hydrogen-bond acceptors (Lipinski definition) is 8. The van der Waals surface area contributed by atoms with Crippen LogP contribution >= 0.6 is 7.82 Å². The highest BCUT2D eigenvalue weighted by molar-refractivity contribution is 7.47. The van der Waals surface area contributed by atoms with E-state index in [0.717, 1.165) is 57.8 Å². The molecule has 2 atom stereocenters. The molecule has 0 spiro atoms. The molecule has 0 saturated heterocycles. The minimum atomic E-state index is -4.38. The van der Waals surface area contributed by atoms with E-state index in [0.29, 0.717) is 6.42 Å². The Morgan fingerprint density at radius 3 is 1.44 bits per heavy atom. The van der Waals surface area contributed by atoms with Gasteiger partial charge in [-0.25, -0.2) is 4.57 Å². The number of rotatable bonds is 42. The van der Waals surface area contributed by atoms with E-state index < -0.39 is 32.5 Å². The first-order valence-corrected chi connectivity index (χ1v) is 23.8. The second-order valence-corrected chi connectivity index (χ2v) is 16.4. The van der Waals surface area contributed by atoms with Crippen molar-refractivity contribution in [2.24, 2.45) is 5.73 Å². The third-order valence-electron chi connectivity index (χ3n) is 9.59. The lowest BCUT2D eigenvalue weighted by molar-refractivity contribution is -0.161. The molecule has 10 heteroatoms. The summed E-state index contributed by atoms with van der Waals surface area (Å²) >= 11 is 0. The van der Waals surface area contributed by atoms with Crippen LogP contribution in [0, 0.1) is 0 Å². The van der Waals surface area contributed by atoms with E-state index in [1.54, 1.807) is 0 Å². The van der Waals surface area contributed by atoms with Gasteiger partial charge in [0.25, 0.3) is 0 Å². The van der Waals surface area contributed by atoms with Crippen molar-refractivity contribution in [3.8, 4) is 0 Å². The average Bonchev–Trinajstić information content (AvgIpc) is 3.16. The molecule has 318 valence electrons. The maximum atomic E-state index is 12.6. The molecule has 0 aromatic rings. The first kappa shape index (κ1) is 52.5. The summed E-state index contributed by atoms with van der Waals surface area (Å²) in [5.41, 5.74) is 5.35. The van der Waals surface area contributed by atoms with E-state index >= 15 is 0 Å². The molecule has 0 aromatic carbocycles. The molecule has 0 aliphatic rings. The molecule has 3 N–H and O–H groups in total. The zero-order valence-electron chi connectivity index (χ0n) is 35.0. The lowest BCUT2D eigenvalue weighted by Gasteiger charge is -2.19. The summed E-state index contributed by atoms with van der Waals surface area (Å²) in [6.45, 7) is 3.72. The Bertz CT molecular complexity index is 944. The summed E-state index contributed by atoms with van der Waals surface area (Å²) in [4.78, 5) is 34.9. The van der Waals surface area contributed by atoms with Gasteiger partial charge in [0.15, 0.2) is 6.10 Å². The summed E-state index contributed by atoms with van der Waals surface area (Å²) in [7, 11) is -4.38. The Hall–Kier alpha value is -1.51. The Morgan fingerprint density at radius 1 is 0.556 bits per heavy atom. The number of hydrogen-bond donors (Lipinski definition) is 2. The van der Waals surface area contributed by atoms with Crippen LogP contribution in [0.15, 0.2) is 24.3 Å². The number of allylic oxidation sites excluding steroid dienone is 4. The molecule has 0 radical (unpaired) electrons. The molecule has 0 amide bonds. The highest BCUT2D eigenvalue weighted by Crippen LogP contribution is 2.43. The second kappa shape index (κ2) is 41.1. The monoisotopic (exact) mass is 786 g/mol. The highest BCUT2D eigenvalue weighted by Gasteiger charge is 2.26. The normalized spacial score (nSPS) is 13.5. The average molecular weight is 786 g/mol. The fourth-order valence-corrected chi connectivity index (χ4v) is 7.02. The first-order chi connectivity index (χ1) is 26.3. The van der Waals surface area contributed by atoms with Gasteiger partial charge in [0.05, 0.1) is 13.2 Å². The standard InChI is InChI=1S/C44H84NO8P/c1-3-5-7-9-11-13-15-17-19-20-21-23-25-27-29-31-33-35-37-44(47)53-42(41-52-54(48,49)51-39-38-45)40-50-43(46)36-34-32-30-28-26-24-22-18-16-14-12-10-8-6-4-2/h12,14,18,22,42H,3-11,13,15-17,19-21,23-41,45H2,1-2H3,(H,48,49)/b14-12+,22-18+/t42-/m1/s1. The zero-order chi connectivity index (χ0) is 39.6.